The van der Waals surface area contributed by atoms with Crippen molar-refractivity contribution in [1.29, 1.82) is 0 Å². The second-order valence-electron chi connectivity index (χ2n) is 4.43. The summed E-state index contributed by atoms with van der Waals surface area (Å²) in [5.41, 5.74) is 10.1. The summed E-state index contributed by atoms with van der Waals surface area (Å²) in [7, 11) is 1.48. The highest BCUT2D eigenvalue weighted by atomic mass is 19.4. The molecule has 0 atom stereocenters. The summed E-state index contributed by atoms with van der Waals surface area (Å²) in [5, 5.41) is 0. The zero-order valence-electron chi connectivity index (χ0n) is 12.1. The number of halogens is 3. The lowest BCUT2D eigenvalue weighted by Gasteiger charge is -2.14. The van der Waals surface area contributed by atoms with Crippen molar-refractivity contribution in [1.82, 2.24) is 15.0 Å². The first-order valence-electron chi connectivity index (χ1n) is 6.41. The fourth-order valence-electron chi connectivity index (χ4n) is 1.77. The smallest absolute Gasteiger partial charge is 0.416 e. The molecule has 1 aromatic heterocycles. The van der Waals surface area contributed by atoms with Crippen LogP contribution in [0.15, 0.2) is 18.2 Å². The van der Waals surface area contributed by atoms with Crippen LogP contribution in [0.5, 0.6) is 5.75 Å². The van der Waals surface area contributed by atoms with E-state index in [1.165, 1.54) is 13.2 Å². The highest BCUT2D eigenvalue weighted by Crippen LogP contribution is 2.36. The Bertz CT molecular complexity index is 674. The number of aromatic nitrogens is 3. The molecule has 0 radical (unpaired) electrons. The van der Waals surface area contributed by atoms with Gasteiger partial charge in [0.1, 0.15) is 12.4 Å². The fraction of sp³-hybridized carbons (Fsp3) is 0.308. The lowest BCUT2D eigenvalue weighted by atomic mass is 10.1. The van der Waals surface area contributed by atoms with Gasteiger partial charge in [-0.15, -0.1) is 0 Å². The van der Waals surface area contributed by atoms with E-state index in [0.29, 0.717) is 0 Å². The molecule has 0 aliphatic carbocycles. The molecule has 0 bridgehead atoms. The predicted molar refractivity (Wildman–Crippen MR) is 76.5 cm³/mol. The SMILES string of the molecule is COCCOc1ccc(C(F)(F)F)cc1-c1nc(N)nc(N)n1. The largest absolute Gasteiger partial charge is 0.490 e. The van der Waals surface area contributed by atoms with Gasteiger partial charge in [0.25, 0.3) is 0 Å². The molecule has 0 unspecified atom stereocenters. The summed E-state index contributed by atoms with van der Waals surface area (Å²) < 4.78 is 49.0. The zero-order chi connectivity index (χ0) is 17.0. The van der Waals surface area contributed by atoms with Crippen LogP contribution < -0.4 is 16.2 Å². The first-order chi connectivity index (χ1) is 10.8. The molecular formula is C13H14F3N5O2. The molecule has 1 heterocycles. The zero-order valence-corrected chi connectivity index (χ0v) is 12.1. The maximum absolute atomic E-state index is 12.9. The second-order valence-corrected chi connectivity index (χ2v) is 4.43. The van der Waals surface area contributed by atoms with E-state index in [1.54, 1.807) is 0 Å². The van der Waals surface area contributed by atoms with E-state index in [1.807, 2.05) is 0 Å². The van der Waals surface area contributed by atoms with Crippen molar-refractivity contribution in [3.05, 3.63) is 23.8 Å². The summed E-state index contributed by atoms with van der Waals surface area (Å²) >= 11 is 0. The Morgan fingerprint density at radius 2 is 1.70 bits per heavy atom. The van der Waals surface area contributed by atoms with Gasteiger partial charge in [0.05, 0.1) is 17.7 Å². The number of methoxy groups -OCH3 is 1. The Kier molecular flexibility index (Phi) is 4.84. The summed E-state index contributed by atoms with van der Waals surface area (Å²) in [4.78, 5) is 11.2. The highest BCUT2D eigenvalue weighted by Gasteiger charge is 2.31. The van der Waals surface area contributed by atoms with Crippen molar-refractivity contribution in [3.63, 3.8) is 0 Å². The van der Waals surface area contributed by atoms with E-state index in [-0.39, 0.29) is 42.2 Å². The molecule has 0 spiro atoms. The molecule has 2 rings (SSSR count). The number of hydrogen-bond donors (Lipinski definition) is 2. The Morgan fingerprint density at radius 1 is 1.04 bits per heavy atom. The molecule has 2 aromatic rings. The molecule has 23 heavy (non-hydrogen) atoms. The summed E-state index contributed by atoms with van der Waals surface area (Å²) in [6.07, 6.45) is -4.52. The minimum atomic E-state index is -4.52. The van der Waals surface area contributed by atoms with Crippen LogP contribution >= 0.6 is 0 Å². The van der Waals surface area contributed by atoms with Gasteiger partial charge in [-0.25, -0.2) is 0 Å². The van der Waals surface area contributed by atoms with Gasteiger partial charge in [-0.05, 0) is 18.2 Å². The van der Waals surface area contributed by atoms with E-state index >= 15 is 0 Å². The van der Waals surface area contributed by atoms with E-state index in [4.69, 9.17) is 20.9 Å². The Labute approximate surface area is 129 Å². The number of rotatable bonds is 5. The van der Waals surface area contributed by atoms with Crippen molar-refractivity contribution in [3.8, 4) is 17.1 Å². The summed E-state index contributed by atoms with van der Waals surface area (Å²) in [5.74, 6) is -0.353. The third-order valence-electron chi connectivity index (χ3n) is 2.76. The third kappa shape index (κ3) is 4.19. The number of alkyl halides is 3. The van der Waals surface area contributed by atoms with Gasteiger partial charge in [-0.1, -0.05) is 0 Å². The van der Waals surface area contributed by atoms with E-state index in [2.05, 4.69) is 15.0 Å². The number of nitrogens with zero attached hydrogens (tertiary/aromatic N) is 3. The van der Waals surface area contributed by atoms with Crippen LogP contribution in [0.3, 0.4) is 0 Å². The van der Waals surface area contributed by atoms with E-state index in [9.17, 15) is 13.2 Å². The van der Waals surface area contributed by atoms with Crippen LogP contribution in [-0.4, -0.2) is 35.3 Å². The lowest BCUT2D eigenvalue weighted by molar-refractivity contribution is -0.137. The van der Waals surface area contributed by atoms with Gasteiger partial charge < -0.3 is 20.9 Å². The van der Waals surface area contributed by atoms with E-state index in [0.717, 1.165) is 12.1 Å². The first-order valence-corrected chi connectivity index (χ1v) is 6.41. The molecule has 4 N–H and O–H groups in total. The molecule has 0 amide bonds. The molecule has 7 nitrogen and oxygen atoms in total. The van der Waals surface area contributed by atoms with Gasteiger partial charge in [-0.2, -0.15) is 28.1 Å². The molecule has 0 saturated heterocycles. The normalized spacial score (nSPS) is 11.5. The Hall–Kier alpha value is -2.62. The average Bonchev–Trinajstić information content (AvgIpc) is 2.45. The number of anilines is 2. The van der Waals surface area contributed by atoms with Crippen molar-refractivity contribution < 1.29 is 22.6 Å². The van der Waals surface area contributed by atoms with Crippen LogP contribution in [0.4, 0.5) is 25.1 Å². The minimum Gasteiger partial charge on any atom is -0.490 e. The molecule has 0 fully saturated rings. The molecular weight excluding hydrogens is 315 g/mol. The van der Waals surface area contributed by atoms with Crippen LogP contribution in [0.2, 0.25) is 0 Å². The van der Waals surface area contributed by atoms with Crippen LogP contribution in [0.1, 0.15) is 5.56 Å². The van der Waals surface area contributed by atoms with Gasteiger partial charge >= 0.3 is 6.18 Å². The quantitative estimate of drug-likeness (QED) is 0.804. The van der Waals surface area contributed by atoms with Crippen molar-refractivity contribution in [2.45, 2.75) is 6.18 Å². The maximum Gasteiger partial charge on any atom is 0.416 e. The average molecular weight is 329 g/mol. The number of hydrogen-bond acceptors (Lipinski definition) is 7. The van der Waals surface area contributed by atoms with E-state index < -0.39 is 11.7 Å². The van der Waals surface area contributed by atoms with Crippen molar-refractivity contribution in [2.75, 3.05) is 31.8 Å². The van der Waals surface area contributed by atoms with Crippen molar-refractivity contribution >= 4 is 11.9 Å². The first kappa shape index (κ1) is 16.7. The standard InChI is InChI=1S/C13H14F3N5O2/c1-22-4-5-23-9-3-2-7(13(14,15)16)6-8(9)10-19-11(17)21-12(18)20-10/h2-3,6H,4-5H2,1H3,(H4,17,18,19,20,21). The van der Waals surface area contributed by atoms with Gasteiger partial charge in [0.2, 0.25) is 11.9 Å². The van der Waals surface area contributed by atoms with Crippen LogP contribution in [-0.2, 0) is 10.9 Å². The van der Waals surface area contributed by atoms with Gasteiger partial charge in [-0.3, -0.25) is 0 Å². The molecule has 1 aromatic carbocycles. The van der Waals surface area contributed by atoms with Gasteiger partial charge in [0, 0.05) is 7.11 Å². The Balaban J connectivity index is 2.51. The molecule has 124 valence electrons. The Morgan fingerprint density at radius 3 is 2.26 bits per heavy atom. The fourth-order valence-corrected chi connectivity index (χ4v) is 1.77. The molecule has 10 heteroatoms. The van der Waals surface area contributed by atoms with Crippen molar-refractivity contribution in [2.24, 2.45) is 0 Å². The topological polar surface area (TPSA) is 109 Å². The van der Waals surface area contributed by atoms with Crippen LogP contribution in [0, 0.1) is 0 Å². The highest BCUT2D eigenvalue weighted by molar-refractivity contribution is 5.66. The number of ether oxygens (including phenoxy) is 2. The third-order valence-corrected chi connectivity index (χ3v) is 2.76. The van der Waals surface area contributed by atoms with Gasteiger partial charge in [0.15, 0.2) is 5.82 Å². The van der Waals surface area contributed by atoms with Crippen LogP contribution in [0.25, 0.3) is 11.4 Å². The monoisotopic (exact) mass is 329 g/mol. The second kappa shape index (κ2) is 6.65. The summed E-state index contributed by atoms with van der Waals surface area (Å²) in [6, 6.07) is 2.96. The number of nitrogen functional groups attached to an aromatic ring is 2. The summed E-state index contributed by atoms with van der Waals surface area (Å²) in [6.45, 7) is 0.410. The molecule has 0 saturated carbocycles. The number of benzene rings is 1. The minimum absolute atomic E-state index is 0.0109. The molecule has 0 aliphatic heterocycles. The maximum atomic E-state index is 12.9. The number of nitrogens with two attached hydrogens (primary N) is 2. The predicted octanol–water partition coefficient (Wildman–Crippen LogP) is 1.75. The molecule has 0 aliphatic rings. The lowest BCUT2D eigenvalue weighted by Crippen LogP contribution is -2.10.